The summed E-state index contributed by atoms with van der Waals surface area (Å²) >= 11 is 0. The van der Waals surface area contributed by atoms with Gasteiger partial charge in [-0.15, -0.1) is 0 Å². The van der Waals surface area contributed by atoms with Gasteiger partial charge in [-0.3, -0.25) is 4.79 Å². The Morgan fingerprint density at radius 1 is 1.24 bits per heavy atom. The van der Waals surface area contributed by atoms with E-state index in [9.17, 15) is 4.79 Å². The number of ether oxygens (including phenoxy) is 1. The normalized spacial score (nSPS) is 32.4. The molecule has 0 amide bonds. The molecule has 0 spiro atoms. The molecule has 0 aliphatic heterocycles. The van der Waals surface area contributed by atoms with Crippen LogP contribution in [0, 0.1) is 5.92 Å². The van der Waals surface area contributed by atoms with Gasteiger partial charge in [0, 0.05) is 5.54 Å². The zero-order chi connectivity index (χ0) is 12.3. The van der Waals surface area contributed by atoms with E-state index in [2.05, 4.69) is 6.92 Å². The molecule has 0 aromatic rings. The number of carbonyl (C=O) groups is 1. The summed E-state index contributed by atoms with van der Waals surface area (Å²) in [6.07, 6.45) is 9.50. The van der Waals surface area contributed by atoms with E-state index in [0.29, 0.717) is 12.3 Å². The van der Waals surface area contributed by atoms with Crippen LogP contribution in [0.5, 0.6) is 0 Å². The summed E-state index contributed by atoms with van der Waals surface area (Å²) in [5, 5.41) is 0. The zero-order valence-corrected chi connectivity index (χ0v) is 10.9. The molecule has 2 unspecified atom stereocenters. The molecule has 17 heavy (non-hydrogen) atoms. The zero-order valence-electron chi connectivity index (χ0n) is 10.9. The predicted molar refractivity (Wildman–Crippen MR) is 67.5 cm³/mol. The summed E-state index contributed by atoms with van der Waals surface area (Å²) in [5.41, 5.74) is 5.93. The molecule has 0 radical (unpaired) electrons. The standard InChI is InChI=1S/C14H25NO2/c1-11-6-2-3-7-12(11)17-13(16)10-14(15)8-4-5-9-14/h11-12H,2-10,15H2,1H3. The Hall–Kier alpha value is -0.570. The van der Waals surface area contributed by atoms with E-state index in [1.54, 1.807) is 0 Å². The van der Waals surface area contributed by atoms with Crippen LogP contribution >= 0.6 is 0 Å². The van der Waals surface area contributed by atoms with Crippen molar-refractivity contribution in [3.8, 4) is 0 Å². The smallest absolute Gasteiger partial charge is 0.307 e. The summed E-state index contributed by atoms with van der Waals surface area (Å²) in [6.45, 7) is 2.19. The predicted octanol–water partition coefficient (Wildman–Crippen LogP) is 2.77. The first-order chi connectivity index (χ1) is 8.09. The highest BCUT2D eigenvalue weighted by Crippen LogP contribution is 2.32. The molecule has 0 bridgehead atoms. The Bertz CT molecular complexity index is 271. The van der Waals surface area contributed by atoms with Crippen molar-refractivity contribution in [2.45, 2.75) is 76.4 Å². The van der Waals surface area contributed by atoms with Crippen LogP contribution in [0.2, 0.25) is 0 Å². The Morgan fingerprint density at radius 3 is 2.53 bits per heavy atom. The molecule has 0 aromatic carbocycles. The Balaban J connectivity index is 1.80. The fraction of sp³-hybridized carbons (Fsp3) is 0.929. The van der Waals surface area contributed by atoms with Crippen molar-refractivity contribution in [2.24, 2.45) is 11.7 Å². The number of hydrogen-bond donors (Lipinski definition) is 1. The molecule has 0 heterocycles. The summed E-state index contributed by atoms with van der Waals surface area (Å²) in [4.78, 5) is 11.9. The van der Waals surface area contributed by atoms with Crippen LogP contribution in [0.4, 0.5) is 0 Å². The second kappa shape index (κ2) is 5.38. The maximum absolute atomic E-state index is 11.9. The number of hydrogen-bond acceptors (Lipinski definition) is 3. The van der Waals surface area contributed by atoms with Crippen molar-refractivity contribution >= 4 is 5.97 Å². The van der Waals surface area contributed by atoms with Gasteiger partial charge in [-0.05, 0) is 38.0 Å². The van der Waals surface area contributed by atoms with E-state index >= 15 is 0 Å². The van der Waals surface area contributed by atoms with Crippen molar-refractivity contribution in [1.29, 1.82) is 0 Å². The summed E-state index contributed by atoms with van der Waals surface area (Å²) in [7, 11) is 0. The lowest BCUT2D eigenvalue weighted by Gasteiger charge is -2.30. The lowest BCUT2D eigenvalue weighted by Crippen LogP contribution is -2.40. The minimum absolute atomic E-state index is 0.0758. The van der Waals surface area contributed by atoms with Crippen LogP contribution < -0.4 is 5.73 Å². The van der Waals surface area contributed by atoms with Crippen LogP contribution in [-0.4, -0.2) is 17.6 Å². The van der Waals surface area contributed by atoms with E-state index in [1.807, 2.05) is 0 Å². The largest absolute Gasteiger partial charge is 0.462 e. The molecule has 2 aliphatic carbocycles. The molecule has 2 rings (SSSR count). The van der Waals surface area contributed by atoms with Gasteiger partial charge >= 0.3 is 5.97 Å². The Morgan fingerprint density at radius 2 is 1.88 bits per heavy atom. The number of nitrogens with two attached hydrogens (primary N) is 1. The highest BCUT2D eigenvalue weighted by Gasteiger charge is 2.34. The monoisotopic (exact) mass is 239 g/mol. The SMILES string of the molecule is CC1CCCCC1OC(=O)CC1(N)CCCC1. The highest BCUT2D eigenvalue weighted by atomic mass is 16.5. The van der Waals surface area contributed by atoms with Gasteiger partial charge in [0.15, 0.2) is 0 Å². The number of carbonyl (C=O) groups excluding carboxylic acids is 1. The van der Waals surface area contributed by atoms with Crippen LogP contribution in [0.3, 0.4) is 0 Å². The minimum atomic E-state index is -0.269. The van der Waals surface area contributed by atoms with Gasteiger partial charge in [0.25, 0.3) is 0 Å². The van der Waals surface area contributed by atoms with E-state index in [1.165, 1.54) is 19.3 Å². The van der Waals surface area contributed by atoms with Crippen molar-refractivity contribution in [3.63, 3.8) is 0 Å². The third-order valence-electron chi connectivity index (χ3n) is 4.41. The molecular formula is C14H25NO2. The molecule has 98 valence electrons. The lowest BCUT2D eigenvalue weighted by molar-refractivity contribution is -0.154. The minimum Gasteiger partial charge on any atom is -0.462 e. The van der Waals surface area contributed by atoms with Crippen molar-refractivity contribution in [1.82, 2.24) is 0 Å². The fourth-order valence-corrected chi connectivity index (χ4v) is 3.21. The van der Waals surface area contributed by atoms with E-state index < -0.39 is 0 Å². The molecule has 0 aromatic heterocycles. The van der Waals surface area contributed by atoms with Gasteiger partial charge in [-0.1, -0.05) is 26.2 Å². The van der Waals surface area contributed by atoms with Gasteiger partial charge in [-0.2, -0.15) is 0 Å². The summed E-state index contributed by atoms with van der Waals surface area (Å²) in [5.74, 6) is 0.443. The molecule has 3 nitrogen and oxygen atoms in total. The molecule has 2 fully saturated rings. The van der Waals surface area contributed by atoms with Gasteiger partial charge in [0.1, 0.15) is 6.10 Å². The van der Waals surface area contributed by atoms with Crippen LogP contribution in [0.15, 0.2) is 0 Å². The molecule has 2 aliphatic rings. The van der Waals surface area contributed by atoms with E-state index in [4.69, 9.17) is 10.5 Å². The maximum Gasteiger partial charge on any atom is 0.307 e. The maximum atomic E-state index is 11.9. The van der Waals surface area contributed by atoms with E-state index in [-0.39, 0.29) is 17.6 Å². The van der Waals surface area contributed by atoms with Crippen LogP contribution in [0.1, 0.15) is 64.7 Å². The second-order valence-corrected chi connectivity index (χ2v) is 6.04. The topological polar surface area (TPSA) is 52.3 Å². The molecule has 2 atom stereocenters. The van der Waals surface area contributed by atoms with Gasteiger partial charge < -0.3 is 10.5 Å². The number of rotatable bonds is 3. The first kappa shape index (κ1) is 12.9. The van der Waals surface area contributed by atoms with Crippen molar-refractivity contribution in [3.05, 3.63) is 0 Å². The van der Waals surface area contributed by atoms with Gasteiger partial charge in [-0.25, -0.2) is 0 Å². The highest BCUT2D eigenvalue weighted by molar-refractivity contribution is 5.71. The average molecular weight is 239 g/mol. The third kappa shape index (κ3) is 3.44. The molecule has 3 heteroatoms. The van der Waals surface area contributed by atoms with Gasteiger partial charge in [0.2, 0.25) is 0 Å². The van der Waals surface area contributed by atoms with Gasteiger partial charge in [0.05, 0.1) is 6.42 Å². The Labute approximate surface area is 104 Å². The lowest BCUT2D eigenvalue weighted by atomic mass is 9.88. The second-order valence-electron chi connectivity index (χ2n) is 6.04. The summed E-state index contributed by atoms with van der Waals surface area (Å²) in [6, 6.07) is 0. The molecule has 2 N–H and O–H groups in total. The van der Waals surface area contributed by atoms with E-state index in [0.717, 1.165) is 32.1 Å². The van der Waals surface area contributed by atoms with Crippen LogP contribution in [-0.2, 0) is 9.53 Å². The molecule has 2 saturated carbocycles. The third-order valence-corrected chi connectivity index (χ3v) is 4.41. The van der Waals surface area contributed by atoms with Crippen molar-refractivity contribution < 1.29 is 9.53 Å². The van der Waals surface area contributed by atoms with Crippen molar-refractivity contribution in [2.75, 3.05) is 0 Å². The summed E-state index contributed by atoms with van der Waals surface area (Å²) < 4.78 is 5.61. The number of esters is 1. The van der Waals surface area contributed by atoms with Crippen LogP contribution in [0.25, 0.3) is 0 Å². The fourth-order valence-electron chi connectivity index (χ4n) is 3.21. The molecule has 0 saturated heterocycles. The molecular weight excluding hydrogens is 214 g/mol. The quantitative estimate of drug-likeness (QED) is 0.770. The first-order valence-corrected chi connectivity index (χ1v) is 7.07. The Kier molecular flexibility index (Phi) is 4.08. The first-order valence-electron chi connectivity index (χ1n) is 7.07. The average Bonchev–Trinajstić information content (AvgIpc) is 2.68.